The van der Waals surface area contributed by atoms with Crippen LogP contribution in [0.15, 0.2) is 22.7 Å². The van der Waals surface area contributed by atoms with Crippen molar-refractivity contribution in [3.8, 4) is 0 Å². The minimum absolute atomic E-state index is 0.110. The van der Waals surface area contributed by atoms with Gasteiger partial charge in [0.15, 0.2) is 0 Å². The number of nitrogens with one attached hydrogen (secondary N) is 1. The molecule has 2 nitrogen and oxygen atoms in total. The summed E-state index contributed by atoms with van der Waals surface area (Å²) in [4.78, 5) is 2.56. The maximum atomic E-state index is 13.6. The lowest BCUT2D eigenvalue weighted by Crippen LogP contribution is -2.67. The van der Waals surface area contributed by atoms with Crippen LogP contribution in [0, 0.1) is 11.7 Å². The maximum Gasteiger partial charge on any atom is 0.124 e. The molecule has 1 aliphatic carbocycles. The Hall–Kier alpha value is -0.450. The highest BCUT2D eigenvalue weighted by Gasteiger charge is 2.49. The zero-order chi connectivity index (χ0) is 15.3. The number of rotatable bonds is 3. The molecule has 1 N–H and O–H groups in total. The average molecular weight is 355 g/mol. The van der Waals surface area contributed by atoms with E-state index in [1.165, 1.54) is 18.9 Å². The van der Waals surface area contributed by atoms with Gasteiger partial charge in [0.1, 0.15) is 5.82 Å². The van der Waals surface area contributed by atoms with Gasteiger partial charge in [0.05, 0.1) is 0 Å². The third-order valence-electron chi connectivity index (χ3n) is 4.99. The van der Waals surface area contributed by atoms with E-state index in [0.717, 1.165) is 35.6 Å². The van der Waals surface area contributed by atoms with E-state index >= 15 is 0 Å². The molecule has 1 saturated carbocycles. The first-order valence-corrected chi connectivity index (χ1v) is 8.53. The van der Waals surface area contributed by atoms with Gasteiger partial charge in [0, 0.05) is 35.2 Å². The second-order valence-electron chi connectivity index (χ2n) is 7.50. The van der Waals surface area contributed by atoms with Gasteiger partial charge in [-0.1, -0.05) is 15.9 Å². The topological polar surface area (TPSA) is 15.3 Å². The molecule has 2 aliphatic rings. The van der Waals surface area contributed by atoms with Gasteiger partial charge in [-0.3, -0.25) is 4.90 Å². The Bertz CT molecular complexity index is 521. The van der Waals surface area contributed by atoms with Gasteiger partial charge in [-0.25, -0.2) is 4.39 Å². The van der Waals surface area contributed by atoms with E-state index in [2.05, 4.69) is 46.9 Å². The van der Waals surface area contributed by atoms with Crippen molar-refractivity contribution in [2.45, 2.75) is 51.2 Å². The van der Waals surface area contributed by atoms with Gasteiger partial charge in [-0.15, -0.1) is 0 Å². The second-order valence-corrected chi connectivity index (χ2v) is 8.42. The molecule has 1 aromatic rings. The Kier molecular flexibility index (Phi) is 3.92. The minimum Gasteiger partial charge on any atom is -0.309 e. The Morgan fingerprint density at radius 2 is 2.00 bits per heavy atom. The van der Waals surface area contributed by atoms with E-state index in [4.69, 9.17) is 0 Å². The molecule has 4 heteroatoms. The quantitative estimate of drug-likeness (QED) is 0.884. The van der Waals surface area contributed by atoms with E-state index < -0.39 is 0 Å². The number of hydrogen-bond acceptors (Lipinski definition) is 2. The summed E-state index contributed by atoms with van der Waals surface area (Å²) in [7, 11) is 0. The SMILES string of the molecule is CC1(C)CN(Cc2cc(F)cc(Br)c2)C(C)(C2CC2)CN1. The summed E-state index contributed by atoms with van der Waals surface area (Å²) >= 11 is 3.40. The van der Waals surface area contributed by atoms with Gasteiger partial charge in [-0.2, -0.15) is 0 Å². The molecule has 1 saturated heterocycles. The Balaban J connectivity index is 1.85. The first-order chi connectivity index (χ1) is 9.78. The summed E-state index contributed by atoms with van der Waals surface area (Å²) in [5.74, 6) is 0.611. The van der Waals surface area contributed by atoms with Gasteiger partial charge in [0.25, 0.3) is 0 Å². The fraction of sp³-hybridized carbons (Fsp3) is 0.647. The van der Waals surface area contributed by atoms with Crippen LogP contribution in [0.25, 0.3) is 0 Å². The molecule has 3 rings (SSSR count). The van der Waals surface area contributed by atoms with E-state index in [-0.39, 0.29) is 16.9 Å². The lowest BCUT2D eigenvalue weighted by molar-refractivity contribution is 0.00514. The molecule has 1 heterocycles. The van der Waals surface area contributed by atoms with Crippen LogP contribution in [0.4, 0.5) is 4.39 Å². The average Bonchev–Trinajstić information content (AvgIpc) is 3.17. The van der Waals surface area contributed by atoms with Crippen molar-refractivity contribution in [3.63, 3.8) is 0 Å². The maximum absolute atomic E-state index is 13.6. The number of halogens is 2. The van der Waals surface area contributed by atoms with Crippen molar-refractivity contribution < 1.29 is 4.39 Å². The number of nitrogens with zero attached hydrogens (tertiary/aromatic N) is 1. The van der Waals surface area contributed by atoms with Crippen molar-refractivity contribution in [2.24, 2.45) is 5.92 Å². The van der Waals surface area contributed by atoms with Crippen molar-refractivity contribution in [3.05, 3.63) is 34.1 Å². The first kappa shape index (κ1) is 15.4. The Morgan fingerprint density at radius 3 is 2.62 bits per heavy atom. The molecule has 0 bridgehead atoms. The molecule has 1 atom stereocenters. The molecule has 1 aliphatic heterocycles. The molecule has 116 valence electrons. The normalized spacial score (nSPS) is 29.6. The molecular formula is C17H24BrFN2. The van der Waals surface area contributed by atoms with Crippen LogP contribution in [0.2, 0.25) is 0 Å². The lowest BCUT2D eigenvalue weighted by Gasteiger charge is -2.52. The molecule has 0 spiro atoms. The van der Waals surface area contributed by atoms with E-state index in [9.17, 15) is 4.39 Å². The fourth-order valence-corrected chi connectivity index (χ4v) is 4.02. The second kappa shape index (κ2) is 5.32. The molecule has 0 amide bonds. The number of piperazine rings is 1. The van der Waals surface area contributed by atoms with Crippen molar-refractivity contribution in [1.82, 2.24) is 10.2 Å². The van der Waals surface area contributed by atoms with Crippen LogP contribution in [0.5, 0.6) is 0 Å². The van der Waals surface area contributed by atoms with E-state index in [1.54, 1.807) is 6.07 Å². The Morgan fingerprint density at radius 1 is 1.29 bits per heavy atom. The molecule has 0 aromatic heterocycles. The van der Waals surface area contributed by atoms with Gasteiger partial charge in [0.2, 0.25) is 0 Å². The summed E-state index contributed by atoms with van der Waals surface area (Å²) in [5.41, 5.74) is 1.35. The number of benzene rings is 1. The van der Waals surface area contributed by atoms with Crippen LogP contribution >= 0.6 is 15.9 Å². The highest BCUT2D eigenvalue weighted by molar-refractivity contribution is 9.10. The first-order valence-electron chi connectivity index (χ1n) is 7.74. The van der Waals surface area contributed by atoms with Crippen molar-refractivity contribution in [1.29, 1.82) is 0 Å². The van der Waals surface area contributed by atoms with Crippen LogP contribution in [0.1, 0.15) is 39.2 Å². The van der Waals surface area contributed by atoms with Crippen LogP contribution in [-0.2, 0) is 6.54 Å². The standard InChI is InChI=1S/C17H24BrFN2/c1-16(2)11-21(17(3,10-20-16)13-4-5-13)9-12-6-14(18)8-15(19)7-12/h6-8,13,20H,4-5,9-11H2,1-3H3. The van der Waals surface area contributed by atoms with Crippen LogP contribution in [-0.4, -0.2) is 29.1 Å². The summed E-state index contributed by atoms with van der Waals surface area (Å²) in [6.45, 7) is 9.67. The van der Waals surface area contributed by atoms with Gasteiger partial charge < -0.3 is 5.32 Å². The van der Waals surface area contributed by atoms with Crippen molar-refractivity contribution in [2.75, 3.05) is 13.1 Å². The monoisotopic (exact) mass is 354 g/mol. The van der Waals surface area contributed by atoms with Crippen LogP contribution in [0.3, 0.4) is 0 Å². The molecule has 2 fully saturated rings. The third-order valence-corrected chi connectivity index (χ3v) is 5.44. The van der Waals surface area contributed by atoms with Crippen LogP contribution < -0.4 is 5.32 Å². The minimum atomic E-state index is -0.165. The van der Waals surface area contributed by atoms with E-state index in [0.29, 0.717) is 0 Å². The highest BCUT2D eigenvalue weighted by Crippen LogP contribution is 2.45. The third kappa shape index (κ3) is 3.33. The predicted octanol–water partition coefficient (Wildman–Crippen LogP) is 3.94. The zero-order valence-electron chi connectivity index (χ0n) is 13.0. The molecule has 21 heavy (non-hydrogen) atoms. The van der Waals surface area contributed by atoms with Gasteiger partial charge >= 0.3 is 0 Å². The zero-order valence-corrected chi connectivity index (χ0v) is 14.6. The highest BCUT2D eigenvalue weighted by atomic mass is 79.9. The molecular weight excluding hydrogens is 331 g/mol. The van der Waals surface area contributed by atoms with E-state index in [1.807, 2.05) is 6.07 Å². The molecule has 1 aromatic carbocycles. The predicted molar refractivity (Wildman–Crippen MR) is 87.7 cm³/mol. The Labute approximate surface area is 135 Å². The summed E-state index contributed by atoms with van der Waals surface area (Å²) in [5, 5.41) is 3.68. The summed E-state index contributed by atoms with van der Waals surface area (Å²) in [6.07, 6.45) is 2.64. The summed E-state index contributed by atoms with van der Waals surface area (Å²) < 4.78 is 14.5. The van der Waals surface area contributed by atoms with Crippen molar-refractivity contribution >= 4 is 15.9 Å². The fourth-order valence-electron chi connectivity index (χ4n) is 3.51. The largest absolute Gasteiger partial charge is 0.309 e. The summed E-state index contributed by atoms with van der Waals surface area (Å²) in [6, 6.07) is 5.21. The number of hydrogen-bond donors (Lipinski definition) is 1. The molecule has 0 radical (unpaired) electrons. The smallest absolute Gasteiger partial charge is 0.124 e. The molecule has 1 unspecified atom stereocenters. The lowest BCUT2D eigenvalue weighted by atomic mass is 9.85. The van der Waals surface area contributed by atoms with Gasteiger partial charge in [-0.05, 0) is 63.3 Å².